The molecule has 0 bridgehead atoms. The molecular weight excluding hydrogens is 370 g/mol. The number of hydrogen-bond donors (Lipinski definition) is 1. The van der Waals surface area contributed by atoms with Crippen LogP contribution in [-0.4, -0.2) is 36.2 Å². The molecule has 0 radical (unpaired) electrons. The van der Waals surface area contributed by atoms with Crippen molar-refractivity contribution in [2.45, 2.75) is 19.1 Å². The van der Waals surface area contributed by atoms with E-state index in [1.54, 1.807) is 19.4 Å². The van der Waals surface area contributed by atoms with Gasteiger partial charge in [-0.1, -0.05) is 30.3 Å². The SMILES string of the molecule is COC(=O)[C@H](N)Cc1ccccc1OCc1ccnc(-c2ccccc2OC)n1. The van der Waals surface area contributed by atoms with Gasteiger partial charge in [-0.25, -0.2) is 9.97 Å². The number of ether oxygens (including phenoxy) is 3. The molecule has 2 N–H and O–H groups in total. The molecule has 0 saturated carbocycles. The molecule has 0 aliphatic rings. The lowest BCUT2D eigenvalue weighted by Gasteiger charge is -2.14. The van der Waals surface area contributed by atoms with Crippen LogP contribution >= 0.6 is 0 Å². The summed E-state index contributed by atoms with van der Waals surface area (Å²) in [6, 6.07) is 16.1. The fourth-order valence-electron chi connectivity index (χ4n) is 2.87. The smallest absolute Gasteiger partial charge is 0.322 e. The van der Waals surface area contributed by atoms with Gasteiger partial charge in [-0.3, -0.25) is 4.79 Å². The minimum Gasteiger partial charge on any atom is -0.496 e. The highest BCUT2D eigenvalue weighted by Crippen LogP contribution is 2.27. The lowest BCUT2D eigenvalue weighted by molar-refractivity contribution is -0.142. The second kappa shape index (κ2) is 9.66. The minimum absolute atomic E-state index is 0.245. The number of rotatable bonds is 8. The summed E-state index contributed by atoms with van der Waals surface area (Å²) in [5.41, 5.74) is 8.23. The fourth-order valence-corrected chi connectivity index (χ4v) is 2.87. The number of methoxy groups -OCH3 is 2. The number of aromatic nitrogens is 2. The molecule has 0 saturated heterocycles. The van der Waals surface area contributed by atoms with Crippen molar-refractivity contribution < 1.29 is 19.0 Å². The fraction of sp³-hybridized carbons (Fsp3) is 0.227. The predicted molar refractivity (Wildman–Crippen MR) is 108 cm³/mol. The molecule has 3 rings (SSSR count). The summed E-state index contributed by atoms with van der Waals surface area (Å²) in [6.07, 6.45) is 2.01. The van der Waals surface area contributed by atoms with E-state index in [2.05, 4.69) is 9.97 Å². The van der Waals surface area contributed by atoms with Crippen molar-refractivity contribution in [1.29, 1.82) is 0 Å². The van der Waals surface area contributed by atoms with Crippen molar-refractivity contribution in [1.82, 2.24) is 9.97 Å². The quantitative estimate of drug-likeness (QED) is 0.588. The van der Waals surface area contributed by atoms with Gasteiger partial charge >= 0.3 is 5.97 Å². The molecule has 7 nitrogen and oxygen atoms in total. The second-order valence-corrected chi connectivity index (χ2v) is 6.30. The third kappa shape index (κ3) is 5.08. The molecule has 1 aromatic heterocycles. The number of benzene rings is 2. The van der Waals surface area contributed by atoms with Gasteiger partial charge in [0.1, 0.15) is 24.1 Å². The van der Waals surface area contributed by atoms with E-state index >= 15 is 0 Å². The molecule has 3 aromatic rings. The number of nitrogens with zero attached hydrogens (tertiary/aromatic N) is 2. The minimum atomic E-state index is -0.749. The Kier molecular flexibility index (Phi) is 6.76. The summed E-state index contributed by atoms with van der Waals surface area (Å²) in [6.45, 7) is 0.245. The van der Waals surface area contributed by atoms with Crippen LogP contribution in [0.5, 0.6) is 11.5 Å². The predicted octanol–water partition coefficient (Wildman–Crippen LogP) is 2.77. The van der Waals surface area contributed by atoms with E-state index in [1.807, 2.05) is 48.5 Å². The van der Waals surface area contributed by atoms with Crippen molar-refractivity contribution in [3.63, 3.8) is 0 Å². The third-order valence-electron chi connectivity index (χ3n) is 4.35. The van der Waals surface area contributed by atoms with Crippen LogP contribution in [0, 0.1) is 0 Å². The summed E-state index contributed by atoms with van der Waals surface area (Å²) in [5, 5.41) is 0. The molecule has 7 heteroatoms. The Hall–Kier alpha value is -3.45. The number of nitrogens with two attached hydrogens (primary N) is 1. The van der Waals surface area contributed by atoms with Gasteiger partial charge in [0.2, 0.25) is 0 Å². The lowest BCUT2D eigenvalue weighted by atomic mass is 10.1. The van der Waals surface area contributed by atoms with Gasteiger partial charge in [-0.05, 0) is 29.8 Å². The van der Waals surface area contributed by atoms with Crippen LogP contribution in [0.15, 0.2) is 60.8 Å². The number of hydrogen-bond acceptors (Lipinski definition) is 7. The zero-order valence-corrected chi connectivity index (χ0v) is 16.4. The first kappa shape index (κ1) is 20.3. The normalized spacial score (nSPS) is 11.6. The Labute approximate surface area is 169 Å². The van der Waals surface area contributed by atoms with Crippen LogP contribution in [0.25, 0.3) is 11.4 Å². The standard InChI is InChI=1S/C22H23N3O4/c1-27-20-10-6-4-8-17(20)21-24-12-11-16(25-21)14-29-19-9-5-3-7-15(19)13-18(23)22(26)28-2/h3-12,18H,13-14,23H2,1-2H3/t18-/m1/s1. The molecular formula is C22H23N3O4. The van der Waals surface area contributed by atoms with Gasteiger partial charge in [0.15, 0.2) is 5.82 Å². The van der Waals surface area contributed by atoms with Crippen LogP contribution in [0.3, 0.4) is 0 Å². The summed E-state index contributed by atoms with van der Waals surface area (Å²) >= 11 is 0. The Balaban J connectivity index is 1.75. The summed E-state index contributed by atoms with van der Waals surface area (Å²) < 4.78 is 16.0. The molecule has 0 spiro atoms. The topological polar surface area (TPSA) is 96.6 Å². The maximum atomic E-state index is 11.6. The van der Waals surface area contributed by atoms with Crippen molar-refractivity contribution in [3.8, 4) is 22.9 Å². The van der Waals surface area contributed by atoms with E-state index in [9.17, 15) is 4.79 Å². The number of carbonyl (C=O) groups excluding carboxylic acids is 1. The van der Waals surface area contributed by atoms with Crippen molar-refractivity contribution in [2.75, 3.05) is 14.2 Å². The maximum absolute atomic E-state index is 11.6. The number of carbonyl (C=O) groups is 1. The van der Waals surface area contributed by atoms with E-state index in [1.165, 1.54) is 7.11 Å². The van der Waals surface area contributed by atoms with Crippen LogP contribution in [-0.2, 0) is 22.6 Å². The van der Waals surface area contributed by atoms with Crippen molar-refractivity contribution in [2.24, 2.45) is 5.73 Å². The van der Waals surface area contributed by atoms with Crippen LogP contribution in [0.2, 0.25) is 0 Å². The zero-order valence-electron chi connectivity index (χ0n) is 16.4. The summed E-state index contributed by atoms with van der Waals surface area (Å²) in [4.78, 5) is 20.5. The molecule has 29 heavy (non-hydrogen) atoms. The Morgan fingerprint density at radius 1 is 1.03 bits per heavy atom. The average Bonchev–Trinajstić information content (AvgIpc) is 2.78. The van der Waals surface area contributed by atoms with E-state index in [4.69, 9.17) is 19.9 Å². The average molecular weight is 393 g/mol. The third-order valence-corrected chi connectivity index (χ3v) is 4.35. The van der Waals surface area contributed by atoms with Gasteiger partial charge in [0.05, 0.1) is 25.5 Å². The highest BCUT2D eigenvalue weighted by Gasteiger charge is 2.17. The number of para-hydroxylation sites is 2. The van der Waals surface area contributed by atoms with E-state index in [0.29, 0.717) is 29.4 Å². The molecule has 0 fully saturated rings. The van der Waals surface area contributed by atoms with Crippen molar-refractivity contribution in [3.05, 3.63) is 72.1 Å². The molecule has 0 aliphatic heterocycles. The largest absolute Gasteiger partial charge is 0.496 e. The summed E-state index contributed by atoms with van der Waals surface area (Å²) in [5.74, 6) is 1.44. The molecule has 0 aliphatic carbocycles. The maximum Gasteiger partial charge on any atom is 0.322 e. The van der Waals surface area contributed by atoms with Crippen LogP contribution < -0.4 is 15.2 Å². The molecule has 1 heterocycles. The van der Waals surface area contributed by atoms with E-state index < -0.39 is 12.0 Å². The highest BCUT2D eigenvalue weighted by atomic mass is 16.5. The second-order valence-electron chi connectivity index (χ2n) is 6.30. The highest BCUT2D eigenvalue weighted by molar-refractivity contribution is 5.75. The van der Waals surface area contributed by atoms with E-state index in [-0.39, 0.29) is 6.61 Å². The van der Waals surface area contributed by atoms with Gasteiger partial charge in [-0.15, -0.1) is 0 Å². The first-order valence-corrected chi connectivity index (χ1v) is 9.11. The monoisotopic (exact) mass is 393 g/mol. The Morgan fingerprint density at radius 2 is 1.76 bits per heavy atom. The molecule has 0 unspecified atom stereocenters. The van der Waals surface area contributed by atoms with Gasteiger partial charge < -0.3 is 19.9 Å². The summed E-state index contributed by atoms with van der Waals surface area (Å²) in [7, 11) is 2.93. The first-order chi connectivity index (χ1) is 14.1. The van der Waals surface area contributed by atoms with Crippen molar-refractivity contribution >= 4 is 5.97 Å². The van der Waals surface area contributed by atoms with Gasteiger partial charge in [0.25, 0.3) is 0 Å². The Morgan fingerprint density at radius 3 is 2.52 bits per heavy atom. The molecule has 2 aromatic carbocycles. The molecule has 0 amide bonds. The van der Waals surface area contributed by atoms with Crippen LogP contribution in [0.4, 0.5) is 0 Å². The Bertz CT molecular complexity index is 978. The molecule has 1 atom stereocenters. The first-order valence-electron chi connectivity index (χ1n) is 9.11. The lowest BCUT2D eigenvalue weighted by Crippen LogP contribution is -2.33. The van der Waals surface area contributed by atoms with Gasteiger partial charge in [-0.2, -0.15) is 0 Å². The molecule has 150 valence electrons. The van der Waals surface area contributed by atoms with E-state index in [0.717, 1.165) is 11.1 Å². The van der Waals surface area contributed by atoms with Gasteiger partial charge in [0, 0.05) is 12.6 Å². The van der Waals surface area contributed by atoms with Crippen LogP contribution in [0.1, 0.15) is 11.3 Å². The zero-order chi connectivity index (χ0) is 20.6. The number of esters is 1.